The minimum absolute atomic E-state index is 0.271. The molecule has 0 spiro atoms. The van der Waals surface area contributed by atoms with E-state index in [4.69, 9.17) is 9.97 Å². The van der Waals surface area contributed by atoms with Crippen molar-refractivity contribution in [3.05, 3.63) is 48.5 Å². The molecule has 8 nitrogen and oxygen atoms in total. The summed E-state index contributed by atoms with van der Waals surface area (Å²) in [7, 11) is -3.25. The predicted octanol–water partition coefficient (Wildman–Crippen LogP) is 2.12. The maximum Gasteiger partial charge on any atom is 0.226 e. The van der Waals surface area contributed by atoms with Crippen LogP contribution in [0.3, 0.4) is 0 Å². The highest BCUT2D eigenvalue weighted by atomic mass is 32.2. The monoisotopic (exact) mass is 408 g/mol. The molecule has 0 bridgehead atoms. The fourth-order valence-corrected chi connectivity index (χ4v) is 4.21. The predicted molar refractivity (Wildman–Crippen MR) is 112 cm³/mol. The summed E-state index contributed by atoms with van der Waals surface area (Å²) in [4.78, 5) is 9.78. The first kappa shape index (κ1) is 18.0. The van der Waals surface area contributed by atoms with Crippen LogP contribution in [0, 0.1) is 0 Å². The molecule has 9 heteroatoms. The van der Waals surface area contributed by atoms with E-state index in [0.717, 1.165) is 36.0 Å². The third-order valence-corrected chi connectivity index (χ3v) is 6.24. The molecule has 2 aromatic carbocycles. The van der Waals surface area contributed by atoms with Crippen LogP contribution in [0.2, 0.25) is 0 Å². The van der Waals surface area contributed by atoms with Crippen molar-refractivity contribution >= 4 is 32.3 Å². The van der Waals surface area contributed by atoms with Crippen molar-refractivity contribution in [3.63, 3.8) is 0 Å². The first-order valence-electron chi connectivity index (χ1n) is 9.42. The van der Waals surface area contributed by atoms with Crippen molar-refractivity contribution in [2.45, 2.75) is 17.4 Å². The minimum atomic E-state index is -3.25. The highest BCUT2D eigenvalue weighted by Gasteiger charge is 2.19. The average molecular weight is 408 g/mol. The topological polar surface area (TPSA) is 101 Å². The Hall–Kier alpha value is -3.04. The Morgan fingerprint density at radius 1 is 1.10 bits per heavy atom. The Kier molecular flexibility index (Phi) is 4.21. The third-order valence-electron chi connectivity index (χ3n) is 5.11. The lowest BCUT2D eigenvalue weighted by Gasteiger charge is -2.13. The molecule has 1 aliphatic heterocycles. The van der Waals surface area contributed by atoms with E-state index in [1.165, 1.54) is 6.26 Å². The molecule has 0 radical (unpaired) electrons. The van der Waals surface area contributed by atoms with Crippen molar-refractivity contribution in [1.82, 2.24) is 24.9 Å². The molecule has 3 heterocycles. The molecule has 2 N–H and O–H groups in total. The van der Waals surface area contributed by atoms with Crippen LogP contribution in [0.15, 0.2) is 53.4 Å². The minimum Gasteiger partial charge on any atom is -0.350 e. The normalized spacial score (nSPS) is 17.2. The standard InChI is InChI=1S/C20H20N6O2S/c1-29(27,28)15-8-6-13(7-9-15)18-24-19-16-4-2-3-5-17(16)23-20(26(19)25-18)22-14-10-11-21-12-14/h2-9,14,21H,10-12H2,1H3,(H,22,23)/t14-/m1/s1. The lowest BCUT2D eigenvalue weighted by molar-refractivity contribution is 0.602. The zero-order valence-electron chi connectivity index (χ0n) is 15.8. The average Bonchev–Trinajstić information content (AvgIpc) is 3.38. The molecule has 148 valence electrons. The summed E-state index contributed by atoms with van der Waals surface area (Å²) in [5.74, 6) is 1.18. The summed E-state index contributed by atoms with van der Waals surface area (Å²) in [5.41, 5.74) is 2.31. The summed E-state index contributed by atoms with van der Waals surface area (Å²) in [6.07, 6.45) is 2.21. The third kappa shape index (κ3) is 3.32. The fraction of sp³-hybridized carbons (Fsp3) is 0.250. The van der Waals surface area contributed by atoms with E-state index in [2.05, 4.69) is 15.7 Å². The molecule has 5 rings (SSSR count). The molecule has 4 aromatic rings. The van der Waals surface area contributed by atoms with Crippen molar-refractivity contribution in [1.29, 1.82) is 0 Å². The molecule has 0 amide bonds. The number of hydrogen-bond acceptors (Lipinski definition) is 7. The van der Waals surface area contributed by atoms with E-state index in [0.29, 0.717) is 17.4 Å². The molecule has 1 atom stereocenters. The zero-order valence-corrected chi connectivity index (χ0v) is 16.6. The molecule has 2 aromatic heterocycles. The summed E-state index contributed by atoms with van der Waals surface area (Å²) < 4.78 is 25.2. The van der Waals surface area contributed by atoms with Crippen LogP contribution in [0.4, 0.5) is 5.95 Å². The molecule has 1 aliphatic rings. The molecule has 1 saturated heterocycles. The first-order chi connectivity index (χ1) is 14.0. The quantitative estimate of drug-likeness (QED) is 0.533. The van der Waals surface area contributed by atoms with Gasteiger partial charge in [-0.25, -0.2) is 18.4 Å². The lowest BCUT2D eigenvalue weighted by Crippen LogP contribution is -2.24. The van der Waals surface area contributed by atoms with Crippen LogP contribution in [0.5, 0.6) is 0 Å². The number of aromatic nitrogens is 4. The van der Waals surface area contributed by atoms with Gasteiger partial charge in [-0.1, -0.05) is 12.1 Å². The smallest absolute Gasteiger partial charge is 0.226 e. The number of sulfone groups is 1. The van der Waals surface area contributed by atoms with E-state index in [1.807, 2.05) is 24.3 Å². The van der Waals surface area contributed by atoms with Gasteiger partial charge in [0.1, 0.15) is 0 Å². The molecule has 1 fully saturated rings. The summed E-state index contributed by atoms with van der Waals surface area (Å²) in [6.45, 7) is 1.86. The van der Waals surface area contributed by atoms with E-state index in [-0.39, 0.29) is 10.9 Å². The Morgan fingerprint density at radius 3 is 2.62 bits per heavy atom. The van der Waals surface area contributed by atoms with Gasteiger partial charge in [-0.3, -0.25) is 0 Å². The molecule has 0 aliphatic carbocycles. The number of nitrogens with one attached hydrogen (secondary N) is 2. The molecular formula is C20H20N6O2S. The Bertz CT molecular complexity index is 1310. The van der Waals surface area contributed by atoms with Gasteiger partial charge >= 0.3 is 0 Å². The Balaban J connectivity index is 1.65. The first-order valence-corrected chi connectivity index (χ1v) is 11.3. The second-order valence-corrected chi connectivity index (χ2v) is 9.27. The number of anilines is 1. The maximum absolute atomic E-state index is 11.7. The highest BCUT2D eigenvalue weighted by Crippen LogP contribution is 2.25. The van der Waals surface area contributed by atoms with Crippen LogP contribution in [0.25, 0.3) is 27.9 Å². The molecule has 29 heavy (non-hydrogen) atoms. The second kappa shape index (κ2) is 6.78. The molecule has 0 unspecified atom stereocenters. The maximum atomic E-state index is 11.7. The van der Waals surface area contributed by atoms with E-state index in [9.17, 15) is 8.42 Å². The van der Waals surface area contributed by atoms with Crippen molar-refractivity contribution in [3.8, 4) is 11.4 Å². The number of fused-ring (bicyclic) bond motifs is 3. The van der Waals surface area contributed by atoms with Gasteiger partial charge in [0, 0.05) is 29.8 Å². The lowest BCUT2D eigenvalue weighted by atomic mass is 10.2. The van der Waals surface area contributed by atoms with Gasteiger partial charge in [-0.15, -0.1) is 5.10 Å². The number of hydrogen-bond donors (Lipinski definition) is 2. The van der Waals surface area contributed by atoms with Gasteiger partial charge in [-0.2, -0.15) is 4.52 Å². The number of benzene rings is 2. The van der Waals surface area contributed by atoms with Crippen LogP contribution >= 0.6 is 0 Å². The molecule has 0 saturated carbocycles. The summed E-state index contributed by atoms with van der Waals surface area (Å²) >= 11 is 0. The van der Waals surface area contributed by atoms with Gasteiger partial charge in [0.15, 0.2) is 21.3 Å². The highest BCUT2D eigenvalue weighted by molar-refractivity contribution is 7.90. The van der Waals surface area contributed by atoms with Crippen LogP contribution < -0.4 is 10.6 Å². The Morgan fingerprint density at radius 2 is 1.90 bits per heavy atom. The van der Waals surface area contributed by atoms with Crippen LogP contribution in [0.1, 0.15) is 6.42 Å². The van der Waals surface area contributed by atoms with Crippen molar-refractivity contribution in [2.75, 3.05) is 24.7 Å². The van der Waals surface area contributed by atoms with Gasteiger partial charge < -0.3 is 10.6 Å². The summed E-state index contributed by atoms with van der Waals surface area (Å²) in [5, 5.41) is 12.4. The number of rotatable bonds is 4. The van der Waals surface area contributed by atoms with Crippen molar-refractivity contribution in [2.24, 2.45) is 0 Å². The van der Waals surface area contributed by atoms with Crippen LogP contribution in [-0.4, -0.2) is 53.4 Å². The van der Waals surface area contributed by atoms with E-state index >= 15 is 0 Å². The van der Waals surface area contributed by atoms with Gasteiger partial charge in [-0.05, 0) is 49.4 Å². The largest absolute Gasteiger partial charge is 0.350 e. The fourth-order valence-electron chi connectivity index (χ4n) is 3.58. The van der Waals surface area contributed by atoms with Crippen LogP contribution in [-0.2, 0) is 9.84 Å². The van der Waals surface area contributed by atoms with E-state index in [1.54, 1.807) is 28.8 Å². The number of nitrogens with zero attached hydrogens (tertiary/aromatic N) is 4. The van der Waals surface area contributed by atoms with E-state index < -0.39 is 9.84 Å². The Labute approximate surface area is 167 Å². The van der Waals surface area contributed by atoms with Gasteiger partial charge in [0.05, 0.1) is 10.4 Å². The zero-order chi connectivity index (χ0) is 20.0. The number of para-hydroxylation sites is 1. The van der Waals surface area contributed by atoms with Gasteiger partial charge in [0.2, 0.25) is 5.95 Å². The second-order valence-electron chi connectivity index (χ2n) is 7.25. The summed E-state index contributed by atoms with van der Waals surface area (Å²) in [6, 6.07) is 14.7. The van der Waals surface area contributed by atoms with Crippen molar-refractivity contribution < 1.29 is 8.42 Å². The molecular weight excluding hydrogens is 388 g/mol. The van der Waals surface area contributed by atoms with Gasteiger partial charge in [0.25, 0.3) is 0 Å². The SMILES string of the molecule is CS(=O)(=O)c1ccc(-c2nc3c4ccccc4nc(N[C@@H]4CCNC4)n3n2)cc1.